The molecule has 3 aromatic carbocycles. The summed E-state index contributed by atoms with van der Waals surface area (Å²) in [5.74, 6) is -0.311. The van der Waals surface area contributed by atoms with Gasteiger partial charge in [-0.1, -0.05) is 12.1 Å². The molecule has 0 spiro atoms. The Hall–Kier alpha value is -3.63. The quantitative estimate of drug-likeness (QED) is 0.385. The first-order chi connectivity index (χ1) is 16.2. The number of hydrogen-bond acceptors (Lipinski definition) is 4. The van der Waals surface area contributed by atoms with Crippen LogP contribution in [0.5, 0.6) is 0 Å². The number of fused-ring (bicyclic) bond motifs is 1. The van der Waals surface area contributed by atoms with Gasteiger partial charge < -0.3 is 5.32 Å². The van der Waals surface area contributed by atoms with E-state index in [0.29, 0.717) is 22.3 Å². The summed E-state index contributed by atoms with van der Waals surface area (Å²) >= 11 is 0. The molecule has 34 heavy (non-hydrogen) atoms. The van der Waals surface area contributed by atoms with Crippen LogP contribution >= 0.6 is 0 Å². The number of benzene rings is 3. The third kappa shape index (κ3) is 4.82. The summed E-state index contributed by atoms with van der Waals surface area (Å²) in [5.41, 5.74) is 1.99. The van der Waals surface area contributed by atoms with E-state index in [4.69, 9.17) is 0 Å². The summed E-state index contributed by atoms with van der Waals surface area (Å²) in [6.45, 7) is 0.672. The van der Waals surface area contributed by atoms with Gasteiger partial charge in [-0.25, -0.2) is 18.1 Å². The van der Waals surface area contributed by atoms with Crippen LogP contribution in [0.2, 0.25) is 0 Å². The summed E-state index contributed by atoms with van der Waals surface area (Å²) in [4.78, 5) is 17.0. The molecule has 0 saturated carbocycles. The molecule has 0 aliphatic rings. The van der Waals surface area contributed by atoms with Gasteiger partial charge in [-0.05, 0) is 74.5 Å². The number of rotatable bonds is 7. The van der Waals surface area contributed by atoms with E-state index >= 15 is 0 Å². The fourth-order valence-corrected chi connectivity index (χ4v) is 4.77. The molecule has 0 fully saturated rings. The van der Waals surface area contributed by atoms with Crippen LogP contribution in [0.15, 0.2) is 77.7 Å². The maximum Gasteiger partial charge on any atom is 0.320 e. The molecule has 176 valence electrons. The molecule has 1 aromatic heterocycles. The minimum Gasteiger partial charge on any atom is -0.322 e. The summed E-state index contributed by atoms with van der Waals surface area (Å²) in [6, 6.07) is 18.3. The highest BCUT2D eigenvalue weighted by atomic mass is 32.2. The molecular formula is C24H22F2N4O3S. The zero-order chi connectivity index (χ0) is 24.5. The van der Waals surface area contributed by atoms with E-state index in [0.717, 1.165) is 4.57 Å². The van der Waals surface area contributed by atoms with Gasteiger partial charge in [-0.15, -0.1) is 0 Å². The predicted molar refractivity (Wildman–Crippen MR) is 126 cm³/mol. The molecule has 0 saturated heterocycles. The molecule has 10 heteroatoms. The van der Waals surface area contributed by atoms with Crippen LogP contribution in [0.25, 0.3) is 22.4 Å². The number of halogens is 2. The highest BCUT2D eigenvalue weighted by molar-refractivity contribution is 7.89. The van der Waals surface area contributed by atoms with Gasteiger partial charge in [0.2, 0.25) is 10.0 Å². The number of amides is 1. The first kappa shape index (κ1) is 23.5. The lowest BCUT2D eigenvalue weighted by atomic mass is 10.1. The van der Waals surface area contributed by atoms with Crippen molar-refractivity contribution in [3.05, 3.63) is 78.4 Å². The second-order valence-electron chi connectivity index (χ2n) is 7.90. The van der Waals surface area contributed by atoms with E-state index in [1.165, 1.54) is 24.3 Å². The summed E-state index contributed by atoms with van der Waals surface area (Å²) in [6.07, 6.45) is 0. The number of imidazole rings is 1. The van der Waals surface area contributed by atoms with Crippen molar-refractivity contribution in [3.63, 3.8) is 0 Å². The Labute approximate surface area is 195 Å². The van der Waals surface area contributed by atoms with E-state index in [1.54, 1.807) is 62.4 Å². The second kappa shape index (κ2) is 9.32. The average Bonchev–Trinajstić information content (AvgIpc) is 3.19. The number of anilines is 1. The highest BCUT2D eigenvalue weighted by Gasteiger charge is 2.19. The van der Waals surface area contributed by atoms with Crippen molar-refractivity contribution in [1.82, 2.24) is 14.3 Å². The number of nitrogens with zero attached hydrogens (tertiary/aromatic N) is 2. The molecule has 0 radical (unpaired) electrons. The number of para-hydroxylation sites is 2. The van der Waals surface area contributed by atoms with Crippen LogP contribution in [-0.2, 0) is 10.0 Å². The van der Waals surface area contributed by atoms with E-state index < -0.39 is 22.5 Å². The Balaban J connectivity index is 1.52. The van der Waals surface area contributed by atoms with Crippen molar-refractivity contribution < 1.29 is 22.0 Å². The van der Waals surface area contributed by atoms with Gasteiger partial charge in [0.05, 0.1) is 15.9 Å². The van der Waals surface area contributed by atoms with Gasteiger partial charge in [-0.2, -0.15) is 8.78 Å². The molecule has 0 atom stereocenters. The molecule has 7 nitrogen and oxygen atoms in total. The first-order valence-corrected chi connectivity index (χ1v) is 11.9. The molecule has 1 heterocycles. The molecule has 1 amide bonds. The zero-order valence-electron chi connectivity index (χ0n) is 18.4. The minimum atomic E-state index is -3.65. The van der Waals surface area contributed by atoms with Gasteiger partial charge in [0.15, 0.2) is 0 Å². The third-order valence-corrected chi connectivity index (χ3v) is 6.68. The number of hydrogen-bond donors (Lipinski definition) is 2. The van der Waals surface area contributed by atoms with Crippen LogP contribution in [0.3, 0.4) is 0 Å². The van der Waals surface area contributed by atoms with Crippen molar-refractivity contribution in [2.75, 3.05) is 5.32 Å². The van der Waals surface area contributed by atoms with E-state index in [1.807, 2.05) is 0 Å². The number of alkyl halides is 2. The third-order valence-electron chi connectivity index (χ3n) is 5.01. The Morgan fingerprint density at radius 3 is 2.21 bits per heavy atom. The molecular weight excluding hydrogens is 462 g/mol. The maximum absolute atomic E-state index is 13.7. The van der Waals surface area contributed by atoms with Gasteiger partial charge in [0, 0.05) is 22.9 Å². The molecule has 2 N–H and O–H groups in total. The predicted octanol–water partition coefficient (Wildman–Crippen LogP) is 5.04. The smallest absolute Gasteiger partial charge is 0.320 e. The number of aromatic nitrogens is 2. The number of carbonyl (C=O) groups excluding carboxylic acids is 1. The van der Waals surface area contributed by atoms with Gasteiger partial charge in [0.1, 0.15) is 5.82 Å². The largest absolute Gasteiger partial charge is 0.322 e. The van der Waals surface area contributed by atoms with Crippen LogP contribution < -0.4 is 10.0 Å². The van der Waals surface area contributed by atoms with Gasteiger partial charge >= 0.3 is 6.55 Å². The van der Waals surface area contributed by atoms with E-state index in [2.05, 4.69) is 15.0 Å². The summed E-state index contributed by atoms with van der Waals surface area (Å²) in [7, 11) is -3.65. The topological polar surface area (TPSA) is 93.1 Å². The Kier molecular flexibility index (Phi) is 6.45. The highest BCUT2D eigenvalue weighted by Crippen LogP contribution is 2.30. The fourth-order valence-electron chi connectivity index (χ4n) is 3.52. The Bertz CT molecular complexity index is 1430. The van der Waals surface area contributed by atoms with Crippen LogP contribution in [0, 0.1) is 0 Å². The van der Waals surface area contributed by atoms with E-state index in [9.17, 15) is 22.0 Å². The monoisotopic (exact) mass is 484 g/mol. The lowest BCUT2D eigenvalue weighted by molar-refractivity contribution is 0.0764. The van der Waals surface area contributed by atoms with Gasteiger partial charge in [0.25, 0.3) is 5.91 Å². The zero-order valence-corrected chi connectivity index (χ0v) is 19.2. The lowest BCUT2D eigenvalue weighted by Gasteiger charge is -2.11. The van der Waals surface area contributed by atoms with Crippen LogP contribution in [0.1, 0.15) is 30.8 Å². The Morgan fingerprint density at radius 2 is 1.59 bits per heavy atom. The first-order valence-electron chi connectivity index (χ1n) is 10.4. The van der Waals surface area contributed by atoms with Crippen molar-refractivity contribution in [1.29, 1.82) is 0 Å². The number of carbonyl (C=O) groups is 1. The minimum absolute atomic E-state index is 0.0593. The van der Waals surface area contributed by atoms with Crippen molar-refractivity contribution in [3.8, 4) is 11.4 Å². The normalized spacial score (nSPS) is 11.9. The van der Waals surface area contributed by atoms with Crippen LogP contribution in [0.4, 0.5) is 14.5 Å². The number of nitrogens with one attached hydrogen (secondary N) is 2. The van der Waals surface area contributed by atoms with E-state index in [-0.39, 0.29) is 22.3 Å². The summed E-state index contributed by atoms with van der Waals surface area (Å²) in [5, 5.41) is 2.71. The van der Waals surface area contributed by atoms with Crippen molar-refractivity contribution in [2.45, 2.75) is 31.3 Å². The molecule has 0 aliphatic carbocycles. The molecule has 0 bridgehead atoms. The molecule has 0 unspecified atom stereocenters. The summed E-state index contributed by atoms with van der Waals surface area (Å²) < 4.78 is 55.2. The molecule has 4 rings (SSSR count). The van der Waals surface area contributed by atoms with Crippen molar-refractivity contribution in [2.24, 2.45) is 0 Å². The standard InChI is InChI=1S/C24H22F2N4O3S/c1-15(2)29-34(32,33)19-13-9-17(10-14-19)23(31)27-18-11-7-16(8-12-18)22-28-20-5-3-4-6-21(20)30(22)24(25)26/h3-15,24,29H,1-2H3,(H,27,31). The maximum atomic E-state index is 13.7. The van der Waals surface area contributed by atoms with Gasteiger partial charge in [-0.3, -0.25) is 9.36 Å². The lowest BCUT2D eigenvalue weighted by Crippen LogP contribution is -2.30. The molecule has 0 aliphatic heterocycles. The second-order valence-corrected chi connectivity index (χ2v) is 9.62. The average molecular weight is 485 g/mol. The Morgan fingerprint density at radius 1 is 0.941 bits per heavy atom. The SMILES string of the molecule is CC(C)NS(=O)(=O)c1ccc(C(=O)Nc2ccc(-c3nc4ccccc4n3C(F)F)cc2)cc1. The van der Waals surface area contributed by atoms with Crippen LogP contribution in [-0.4, -0.2) is 29.9 Å². The molecule has 4 aromatic rings. The fraction of sp³-hybridized carbons (Fsp3) is 0.167. The number of sulfonamides is 1. The van der Waals surface area contributed by atoms with Crippen molar-refractivity contribution >= 4 is 32.7 Å².